The van der Waals surface area contributed by atoms with Gasteiger partial charge in [-0.2, -0.15) is 5.10 Å². The number of H-pyrrole nitrogens is 1. The Hall–Kier alpha value is -1.74. The van der Waals surface area contributed by atoms with Crippen LogP contribution in [0.3, 0.4) is 0 Å². The van der Waals surface area contributed by atoms with Crippen LogP contribution in [0.1, 0.15) is 5.56 Å². The van der Waals surface area contributed by atoms with E-state index in [-0.39, 0.29) is 0 Å². The lowest BCUT2D eigenvalue weighted by Gasteiger charge is -1.78. The molecule has 0 amide bonds. The fourth-order valence-corrected chi connectivity index (χ4v) is 0.624. The van der Waals surface area contributed by atoms with Gasteiger partial charge in [0.25, 0.3) is 0 Å². The smallest absolute Gasteiger partial charge is 0.0559 e. The van der Waals surface area contributed by atoms with Gasteiger partial charge >= 0.3 is 0 Å². The summed E-state index contributed by atoms with van der Waals surface area (Å²) in [6, 6.07) is 0. The molecule has 1 rings (SSSR count). The molecule has 11 heavy (non-hydrogen) atoms. The molecule has 0 unspecified atom stereocenters. The second kappa shape index (κ2) is 4.14. The van der Waals surface area contributed by atoms with Gasteiger partial charge in [0.2, 0.25) is 0 Å². The predicted molar refractivity (Wildman–Crippen MR) is 41.6 cm³/mol. The Morgan fingerprint density at radius 3 is 3.36 bits per heavy atom. The molecule has 0 aromatic carbocycles. The second-order valence-electron chi connectivity index (χ2n) is 1.85. The summed E-state index contributed by atoms with van der Waals surface area (Å²) in [5, 5.41) is 9.74. The van der Waals surface area contributed by atoms with Gasteiger partial charge in [0.1, 0.15) is 0 Å². The summed E-state index contributed by atoms with van der Waals surface area (Å²) in [5.41, 5.74) is 8.90. The highest BCUT2D eigenvalue weighted by Crippen LogP contribution is 1.95. The summed E-state index contributed by atoms with van der Waals surface area (Å²) in [5.74, 6) is 0. The fourth-order valence-electron chi connectivity index (χ4n) is 0.624. The molecule has 0 bridgehead atoms. The summed E-state index contributed by atoms with van der Waals surface area (Å²) in [6.07, 6.45) is 7.04. The minimum absolute atomic E-state index is 0.377. The maximum atomic E-state index is 7.93. The van der Waals surface area contributed by atoms with Crippen LogP contribution in [-0.4, -0.2) is 16.7 Å². The van der Waals surface area contributed by atoms with Gasteiger partial charge in [0.05, 0.1) is 6.20 Å². The average molecular weight is 149 g/mol. The minimum atomic E-state index is 0.377. The van der Waals surface area contributed by atoms with Crippen LogP contribution in [0.15, 0.2) is 23.6 Å². The Labute approximate surface area is 63.4 Å². The molecule has 0 aliphatic heterocycles. The van der Waals surface area contributed by atoms with Crippen molar-refractivity contribution >= 4 is 6.08 Å². The van der Waals surface area contributed by atoms with E-state index < -0.39 is 0 Å². The first kappa shape index (κ1) is 7.37. The topological polar surface area (TPSA) is 77.4 Å². The van der Waals surface area contributed by atoms with Crippen LogP contribution in [0.25, 0.3) is 16.5 Å². The highest BCUT2D eigenvalue weighted by atomic mass is 15.1. The van der Waals surface area contributed by atoms with Crippen LogP contribution in [0.2, 0.25) is 0 Å². The van der Waals surface area contributed by atoms with Gasteiger partial charge in [0.15, 0.2) is 0 Å². The number of hydrogen-bond acceptors (Lipinski definition) is 2. The Kier molecular flexibility index (Phi) is 2.77. The molecular weight excluding hydrogens is 142 g/mol. The van der Waals surface area contributed by atoms with E-state index in [0.717, 1.165) is 5.56 Å². The maximum Gasteiger partial charge on any atom is 0.0559 e. The van der Waals surface area contributed by atoms with Crippen molar-refractivity contribution in [2.24, 2.45) is 5.11 Å². The van der Waals surface area contributed by atoms with E-state index in [1.807, 2.05) is 6.08 Å². The first-order chi connectivity index (χ1) is 5.43. The molecule has 0 aliphatic carbocycles. The quantitative estimate of drug-likeness (QED) is 0.396. The van der Waals surface area contributed by atoms with Gasteiger partial charge < -0.3 is 0 Å². The third kappa shape index (κ3) is 2.55. The van der Waals surface area contributed by atoms with Crippen molar-refractivity contribution in [2.75, 3.05) is 6.54 Å². The molecule has 0 saturated heterocycles. The summed E-state index contributed by atoms with van der Waals surface area (Å²) in [4.78, 5) is 2.60. The largest absolute Gasteiger partial charge is 0.285 e. The number of rotatable bonds is 3. The van der Waals surface area contributed by atoms with Crippen LogP contribution in [0, 0.1) is 0 Å². The van der Waals surface area contributed by atoms with E-state index in [2.05, 4.69) is 20.2 Å². The lowest BCUT2D eigenvalue weighted by atomic mass is 10.3. The third-order valence-corrected chi connectivity index (χ3v) is 1.08. The van der Waals surface area contributed by atoms with Crippen LogP contribution in [0.4, 0.5) is 0 Å². The molecule has 0 radical (unpaired) electrons. The summed E-state index contributed by atoms with van der Waals surface area (Å²) < 4.78 is 0. The van der Waals surface area contributed by atoms with Gasteiger partial charge in [0, 0.05) is 23.2 Å². The van der Waals surface area contributed by atoms with Crippen molar-refractivity contribution in [3.8, 4) is 0 Å². The molecular formula is C6H7N5. The Morgan fingerprint density at radius 2 is 2.73 bits per heavy atom. The Morgan fingerprint density at radius 1 is 1.82 bits per heavy atom. The van der Waals surface area contributed by atoms with Crippen molar-refractivity contribution in [3.63, 3.8) is 0 Å². The van der Waals surface area contributed by atoms with Crippen LogP contribution < -0.4 is 0 Å². The summed E-state index contributed by atoms with van der Waals surface area (Å²) in [6.45, 7) is 0.377. The molecule has 56 valence electrons. The van der Waals surface area contributed by atoms with Crippen LogP contribution in [0.5, 0.6) is 0 Å². The highest BCUT2D eigenvalue weighted by Gasteiger charge is 1.82. The molecule has 0 saturated carbocycles. The first-order valence-electron chi connectivity index (χ1n) is 3.09. The van der Waals surface area contributed by atoms with E-state index >= 15 is 0 Å². The molecule has 1 N–H and O–H groups in total. The third-order valence-electron chi connectivity index (χ3n) is 1.08. The molecule has 0 aliphatic rings. The molecule has 5 nitrogen and oxygen atoms in total. The van der Waals surface area contributed by atoms with Crippen molar-refractivity contribution in [1.29, 1.82) is 0 Å². The molecule has 5 heteroatoms. The van der Waals surface area contributed by atoms with Crippen molar-refractivity contribution in [1.82, 2.24) is 10.2 Å². The first-order valence-corrected chi connectivity index (χ1v) is 3.09. The zero-order chi connectivity index (χ0) is 7.94. The number of hydrogen-bond donors (Lipinski definition) is 1. The number of nitrogens with zero attached hydrogens (tertiary/aromatic N) is 4. The average Bonchev–Trinajstić information content (AvgIpc) is 2.50. The van der Waals surface area contributed by atoms with E-state index in [1.165, 1.54) is 0 Å². The molecule has 1 aromatic rings. The van der Waals surface area contributed by atoms with E-state index in [1.54, 1.807) is 18.5 Å². The van der Waals surface area contributed by atoms with Crippen LogP contribution in [-0.2, 0) is 0 Å². The van der Waals surface area contributed by atoms with Gasteiger partial charge in [-0.15, -0.1) is 0 Å². The molecule has 0 fully saturated rings. The van der Waals surface area contributed by atoms with Crippen molar-refractivity contribution in [2.45, 2.75) is 0 Å². The Bertz CT molecular complexity index is 267. The number of aromatic nitrogens is 2. The van der Waals surface area contributed by atoms with E-state index in [9.17, 15) is 0 Å². The molecule has 1 aromatic heterocycles. The zero-order valence-corrected chi connectivity index (χ0v) is 5.81. The Balaban J connectivity index is 2.42. The lowest BCUT2D eigenvalue weighted by molar-refractivity contribution is 1.09. The van der Waals surface area contributed by atoms with Gasteiger partial charge in [-0.1, -0.05) is 17.3 Å². The highest BCUT2D eigenvalue weighted by molar-refractivity contribution is 5.46. The van der Waals surface area contributed by atoms with Gasteiger partial charge in [-0.3, -0.25) is 5.10 Å². The predicted octanol–water partition coefficient (Wildman–Crippen LogP) is 1.73. The maximum absolute atomic E-state index is 7.93. The second-order valence-corrected chi connectivity index (χ2v) is 1.85. The zero-order valence-electron chi connectivity index (χ0n) is 5.81. The van der Waals surface area contributed by atoms with E-state index in [4.69, 9.17) is 5.53 Å². The standard InChI is InChI=1S/C6H7N5/c7-11-8-3-1-2-6-4-9-10-5-6/h1-2,4-5H,3H2,(H,9,10). The lowest BCUT2D eigenvalue weighted by Crippen LogP contribution is -1.66. The normalized spacial score (nSPS) is 9.82. The SMILES string of the molecule is [N-]=[N+]=NCC=Cc1cn[nH]c1. The van der Waals surface area contributed by atoms with Gasteiger partial charge in [-0.05, 0) is 5.53 Å². The van der Waals surface area contributed by atoms with E-state index in [0.29, 0.717) is 6.54 Å². The monoisotopic (exact) mass is 149 g/mol. The summed E-state index contributed by atoms with van der Waals surface area (Å²) in [7, 11) is 0. The number of aromatic amines is 1. The molecule has 0 spiro atoms. The van der Waals surface area contributed by atoms with Crippen molar-refractivity contribution < 1.29 is 0 Å². The van der Waals surface area contributed by atoms with Crippen molar-refractivity contribution in [3.05, 3.63) is 34.5 Å². The minimum Gasteiger partial charge on any atom is -0.285 e. The number of azide groups is 1. The van der Waals surface area contributed by atoms with Gasteiger partial charge in [-0.25, -0.2) is 0 Å². The fraction of sp³-hybridized carbons (Fsp3) is 0.167. The molecule has 1 heterocycles. The molecule has 0 atom stereocenters. The summed E-state index contributed by atoms with van der Waals surface area (Å²) >= 11 is 0. The van der Waals surface area contributed by atoms with Crippen LogP contribution >= 0.6 is 0 Å². The number of nitrogens with one attached hydrogen (secondary N) is 1.